The average Bonchev–Trinajstić information content (AvgIpc) is 3.00. The van der Waals surface area contributed by atoms with Crippen LogP contribution in [0, 0.1) is 0 Å². The van der Waals surface area contributed by atoms with Crippen LogP contribution in [0.4, 0.5) is 0 Å². The Morgan fingerprint density at radius 2 is 1.52 bits per heavy atom. The Morgan fingerprint density at radius 3 is 2.35 bits per heavy atom. The zero-order valence-corrected chi connectivity index (χ0v) is 22.4. The molecular formula is C33H33N3O4. The van der Waals surface area contributed by atoms with Gasteiger partial charge in [0.2, 0.25) is 5.43 Å². The normalized spacial score (nSPS) is 17.4. The summed E-state index contributed by atoms with van der Waals surface area (Å²) in [5, 5.41) is 2.14. The lowest BCUT2D eigenvalue weighted by atomic mass is 9.97. The van der Waals surface area contributed by atoms with Crippen molar-refractivity contribution in [2.75, 3.05) is 24.8 Å². The highest BCUT2D eigenvalue weighted by atomic mass is 16.5. The Morgan fingerprint density at radius 1 is 0.800 bits per heavy atom. The van der Waals surface area contributed by atoms with Crippen molar-refractivity contribution >= 4 is 5.91 Å². The molecule has 0 spiro atoms. The number of ether oxygens (including phenoxy) is 2. The van der Waals surface area contributed by atoms with E-state index in [1.54, 1.807) is 6.20 Å². The topological polar surface area (TPSA) is 64.0 Å². The summed E-state index contributed by atoms with van der Waals surface area (Å²) in [5.74, 6) is 0.706. The number of hydrogen-bond donors (Lipinski definition) is 0. The van der Waals surface area contributed by atoms with Gasteiger partial charge in [0, 0.05) is 24.4 Å². The summed E-state index contributed by atoms with van der Waals surface area (Å²) in [6.07, 6.45) is 5.54. The first-order valence-corrected chi connectivity index (χ1v) is 14.0. The van der Waals surface area contributed by atoms with E-state index in [9.17, 15) is 9.59 Å². The van der Waals surface area contributed by atoms with Gasteiger partial charge in [-0.25, -0.2) is 0 Å². The van der Waals surface area contributed by atoms with E-state index < -0.39 is 0 Å². The van der Waals surface area contributed by atoms with E-state index in [-0.39, 0.29) is 35.4 Å². The highest BCUT2D eigenvalue weighted by Gasteiger charge is 2.37. The fourth-order valence-corrected chi connectivity index (χ4v) is 5.55. The molecule has 3 heterocycles. The summed E-state index contributed by atoms with van der Waals surface area (Å²) in [7, 11) is 0. The van der Waals surface area contributed by atoms with Crippen LogP contribution in [0.5, 0.6) is 11.5 Å². The Balaban J connectivity index is 1.52. The number of carbonyl (C=O) groups excluding carboxylic acids is 1. The Kier molecular flexibility index (Phi) is 7.53. The summed E-state index contributed by atoms with van der Waals surface area (Å²) in [4.78, 5) is 29.1. The van der Waals surface area contributed by atoms with Crippen LogP contribution in [0.2, 0.25) is 0 Å². The van der Waals surface area contributed by atoms with Gasteiger partial charge in [-0.15, -0.1) is 0 Å². The molecule has 2 aliphatic heterocycles. The van der Waals surface area contributed by atoms with E-state index in [1.165, 1.54) is 6.07 Å². The Bertz CT molecular complexity index is 1520. The molecule has 0 N–H and O–H groups in total. The van der Waals surface area contributed by atoms with Crippen molar-refractivity contribution in [2.45, 2.75) is 38.3 Å². The molecule has 6 rings (SSSR count). The minimum Gasteiger partial charge on any atom is -0.493 e. The number of carbonyl (C=O) groups is 1. The standard InChI is InChI=1S/C33H33N3O4/c37-28-19-21-35-31(32(28)40-23-25-13-5-3-6-14-25)33(38)34-20-11-1-2-12-22-39-29-18-10-9-17-27(29)30(36(35)24-34)26-15-7-4-8-16-26/h3-10,13-19,21,30H,1-2,11-12,20,22-24H2/t30-/m1/s1. The molecular weight excluding hydrogens is 502 g/mol. The second-order valence-electron chi connectivity index (χ2n) is 10.2. The number of pyridine rings is 1. The highest BCUT2D eigenvalue weighted by Crippen LogP contribution is 2.37. The number of hydrogen-bond acceptors (Lipinski definition) is 5. The zero-order valence-electron chi connectivity index (χ0n) is 22.4. The van der Waals surface area contributed by atoms with Gasteiger partial charge >= 0.3 is 0 Å². The van der Waals surface area contributed by atoms with Gasteiger partial charge in [-0.05, 0) is 30.0 Å². The summed E-state index contributed by atoms with van der Waals surface area (Å²) in [6.45, 7) is 1.79. The SMILES string of the molecule is O=C1c2c(OCc3ccccc3)c(=O)ccn2N2CN1CCCCCCOc1ccccc1[C@H]2c1ccccc1. The highest BCUT2D eigenvalue weighted by molar-refractivity contribution is 5.96. The fourth-order valence-electron chi connectivity index (χ4n) is 5.55. The van der Waals surface area contributed by atoms with E-state index in [2.05, 4.69) is 23.2 Å². The van der Waals surface area contributed by atoms with Crippen LogP contribution in [-0.2, 0) is 6.61 Å². The van der Waals surface area contributed by atoms with E-state index in [0.717, 1.165) is 48.1 Å². The van der Waals surface area contributed by atoms with Crippen LogP contribution in [0.3, 0.4) is 0 Å². The summed E-state index contributed by atoms with van der Waals surface area (Å²) in [5.41, 5.74) is 2.92. The number of fused-ring (bicyclic) bond motifs is 5. The molecule has 2 aliphatic rings. The zero-order chi connectivity index (χ0) is 27.3. The molecule has 0 fully saturated rings. The molecule has 204 valence electrons. The summed E-state index contributed by atoms with van der Waals surface area (Å²) in [6, 6.07) is 29.2. The second kappa shape index (κ2) is 11.7. The van der Waals surface area contributed by atoms with Gasteiger partial charge in [0.15, 0.2) is 11.4 Å². The van der Waals surface area contributed by atoms with Gasteiger partial charge < -0.3 is 14.4 Å². The van der Waals surface area contributed by atoms with Gasteiger partial charge in [0.25, 0.3) is 5.91 Å². The molecule has 40 heavy (non-hydrogen) atoms. The van der Waals surface area contributed by atoms with Gasteiger partial charge in [-0.3, -0.25) is 19.3 Å². The molecule has 0 unspecified atom stereocenters. The van der Waals surface area contributed by atoms with E-state index in [1.807, 2.05) is 76.3 Å². The maximum absolute atomic E-state index is 14.0. The van der Waals surface area contributed by atoms with Crippen molar-refractivity contribution in [1.29, 1.82) is 0 Å². The largest absolute Gasteiger partial charge is 0.493 e. The number of para-hydroxylation sites is 1. The van der Waals surface area contributed by atoms with Crippen LogP contribution in [0.25, 0.3) is 0 Å². The maximum Gasteiger partial charge on any atom is 0.277 e. The molecule has 3 aromatic carbocycles. The monoisotopic (exact) mass is 535 g/mol. The fraction of sp³-hybridized carbons (Fsp3) is 0.273. The van der Waals surface area contributed by atoms with Crippen LogP contribution >= 0.6 is 0 Å². The molecule has 1 atom stereocenters. The van der Waals surface area contributed by atoms with Crippen molar-refractivity contribution in [3.05, 3.63) is 130 Å². The molecule has 7 heteroatoms. The first kappa shape index (κ1) is 25.7. The molecule has 0 radical (unpaired) electrons. The molecule has 1 amide bonds. The molecule has 0 aliphatic carbocycles. The van der Waals surface area contributed by atoms with Gasteiger partial charge in [0.1, 0.15) is 25.1 Å². The molecule has 7 nitrogen and oxygen atoms in total. The molecule has 1 aromatic heterocycles. The van der Waals surface area contributed by atoms with Gasteiger partial charge in [-0.1, -0.05) is 91.7 Å². The minimum atomic E-state index is -0.310. The third-order valence-corrected chi connectivity index (χ3v) is 7.55. The molecule has 4 aromatic rings. The average molecular weight is 536 g/mol. The van der Waals surface area contributed by atoms with Gasteiger partial charge in [0.05, 0.1) is 6.61 Å². The van der Waals surface area contributed by atoms with Crippen molar-refractivity contribution in [3.8, 4) is 11.5 Å². The first-order chi connectivity index (χ1) is 19.7. The Hall–Kier alpha value is -4.52. The minimum absolute atomic E-state index is 0.0757. The molecule has 0 saturated heterocycles. The predicted octanol–water partition coefficient (Wildman–Crippen LogP) is 5.52. The second-order valence-corrected chi connectivity index (χ2v) is 10.2. The van der Waals surface area contributed by atoms with E-state index >= 15 is 0 Å². The number of amides is 1. The van der Waals surface area contributed by atoms with Crippen LogP contribution < -0.4 is 19.9 Å². The van der Waals surface area contributed by atoms with Crippen molar-refractivity contribution in [3.63, 3.8) is 0 Å². The van der Waals surface area contributed by atoms with Crippen LogP contribution in [-0.4, -0.2) is 35.3 Å². The predicted molar refractivity (Wildman–Crippen MR) is 154 cm³/mol. The van der Waals surface area contributed by atoms with E-state index in [0.29, 0.717) is 19.8 Å². The third kappa shape index (κ3) is 5.19. The lowest BCUT2D eigenvalue weighted by Crippen LogP contribution is -2.55. The first-order valence-electron chi connectivity index (χ1n) is 14.0. The lowest BCUT2D eigenvalue weighted by molar-refractivity contribution is 0.0673. The molecule has 0 saturated carbocycles. The van der Waals surface area contributed by atoms with Crippen molar-refractivity contribution < 1.29 is 14.3 Å². The molecule has 2 bridgehead atoms. The Labute approximate surface area is 234 Å². The maximum atomic E-state index is 14.0. The quantitative estimate of drug-likeness (QED) is 0.344. The third-order valence-electron chi connectivity index (χ3n) is 7.55. The van der Waals surface area contributed by atoms with Crippen molar-refractivity contribution in [2.24, 2.45) is 0 Å². The van der Waals surface area contributed by atoms with E-state index in [4.69, 9.17) is 9.47 Å². The number of nitrogens with zero attached hydrogens (tertiary/aromatic N) is 3. The van der Waals surface area contributed by atoms with Crippen molar-refractivity contribution in [1.82, 2.24) is 9.58 Å². The summed E-state index contributed by atoms with van der Waals surface area (Å²) >= 11 is 0. The van der Waals surface area contributed by atoms with Crippen LogP contribution in [0.15, 0.2) is 102 Å². The number of rotatable bonds is 4. The van der Waals surface area contributed by atoms with Gasteiger partial charge in [-0.2, -0.15) is 0 Å². The smallest absolute Gasteiger partial charge is 0.277 e. The summed E-state index contributed by atoms with van der Waals surface area (Å²) < 4.78 is 14.3. The lowest BCUT2D eigenvalue weighted by Gasteiger charge is -2.44. The number of benzene rings is 3. The number of aromatic nitrogens is 1. The van der Waals surface area contributed by atoms with Crippen LogP contribution in [0.1, 0.15) is 58.9 Å².